The monoisotopic (exact) mass is 235 g/mol. The number of benzene rings is 1. The van der Waals surface area contributed by atoms with E-state index in [1.807, 2.05) is 39.1 Å². The van der Waals surface area contributed by atoms with Crippen molar-refractivity contribution in [2.24, 2.45) is 5.84 Å². The van der Waals surface area contributed by atoms with Gasteiger partial charge in [0.15, 0.2) is 0 Å². The Morgan fingerprint density at radius 1 is 1.53 bits per heavy atom. The van der Waals surface area contributed by atoms with Gasteiger partial charge in [0, 0.05) is 13.1 Å². The molecule has 0 aliphatic heterocycles. The van der Waals surface area contributed by atoms with E-state index in [9.17, 15) is 4.79 Å². The van der Waals surface area contributed by atoms with Crippen molar-refractivity contribution in [3.8, 4) is 0 Å². The van der Waals surface area contributed by atoms with Crippen LogP contribution in [-0.2, 0) is 0 Å². The average molecular weight is 235 g/mol. The lowest BCUT2D eigenvalue weighted by atomic mass is 10.1. The van der Waals surface area contributed by atoms with Gasteiger partial charge in [-0.05, 0) is 38.0 Å². The lowest BCUT2D eigenvalue weighted by Gasteiger charge is -2.24. The van der Waals surface area contributed by atoms with Crippen LogP contribution in [0.5, 0.6) is 0 Å². The SMILES string of the molecule is CCC(C)N(C)C(=O)c1ccc(C)cc1NN. The molecule has 0 heterocycles. The maximum Gasteiger partial charge on any atom is 0.255 e. The molecule has 0 fully saturated rings. The number of rotatable bonds is 4. The van der Waals surface area contributed by atoms with E-state index in [1.165, 1.54) is 0 Å². The summed E-state index contributed by atoms with van der Waals surface area (Å²) in [5.74, 6) is 5.44. The maximum absolute atomic E-state index is 12.3. The molecule has 1 atom stereocenters. The number of hydrogen-bond donors (Lipinski definition) is 2. The van der Waals surface area contributed by atoms with Crippen LogP contribution in [0.4, 0.5) is 5.69 Å². The van der Waals surface area contributed by atoms with Crippen LogP contribution in [0.15, 0.2) is 18.2 Å². The molecule has 0 aromatic heterocycles. The second-order valence-corrected chi connectivity index (χ2v) is 4.37. The number of carbonyl (C=O) groups is 1. The number of nitrogen functional groups attached to an aromatic ring is 1. The summed E-state index contributed by atoms with van der Waals surface area (Å²) < 4.78 is 0. The van der Waals surface area contributed by atoms with Crippen LogP contribution >= 0.6 is 0 Å². The van der Waals surface area contributed by atoms with Crippen LogP contribution in [0.3, 0.4) is 0 Å². The average Bonchev–Trinajstić information content (AvgIpc) is 2.35. The lowest BCUT2D eigenvalue weighted by molar-refractivity contribution is 0.0741. The third-order valence-electron chi connectivity index (χ3n) is 3.13. The van der Waals surface area contributed by atoms with Crippen LogP contribution in [0.1, 0.15) is 36.2 Å². The molecule has 1 amide bonds. The highest BCUT2D eigenvalue weighted by molar-refractivity contribution is 5.99. The number of hydrazine groups is 1. The van der Waals surface area contributed by atoms with Crippen molar-refractivity contribution in [1.82, 2.24) is 4.90 Å². The molecule has 1 unspecified atom stereocenters. The molecule has 17 heavy (non-hydrogen) atoms. The van der Waals surface area contributed by atoms with Crippen molar-refractivity contribution in [3.63, 3.8) is 0 Å². The first kappa shape index (κ1) is 13.5. The highest BCUT2D eigenvalue weighted by Crippen LogP contribution is 2.19. The predicted octanol–water partition coefficient (Wildman–Crippen LogP) is 2.15. The Kier molecular flexibility index (Phi) is 4.52. The molecule has 4 heteroatoms. The number of aryl methyl sites for hydroxylation is 1. The van der Waals surface area contributed by atoms with Crippen LogP contribution in [0, 0.1) is 6.92 Å². The lowest BCUT2D eigenvalue weighted by Crippen LogP contribution is -2.35. The van der Waals surface area contributed by atoms with Crippen molar-refractivity contribution in [3.05, 3.63) is 29.3 Å². The minimum absolute atomic E-state index is 0.00713. The summed E-state index contributed by atoms with van der Waals surface area (Å²) in [6.45, 7) is 6.06. The number of hydrogen-bond acceptors (Lipinski definition) is 3. The molecule has 0 spiro atoms. The van der Waals surface area contributed by atoms with Gasteiger partial charge >= 0.3 is 0 Å². The highest BCUT2D eigenvalue weighted by Gasteiger charge is 2.18. The Bertz CT molecular complexity index is 404. The third-order valence-corrected chi connectivity index (χ3v) is 3.13. The molecule has 1 aromatic carbocycles. The Labute approximate surface area is 103 Å². The standard InChI is InChI=1S/C13H21N3O/c1-5-10(3)16(4)13(17)11-7-6-9(2)8-12(11)15-14/h6-8,10,15H,5,14H2,1-4H3. The molecule has 0 aliphatic carbocycles. The maximum atomic E-state index is 12.3. The first-order valence-corrected chi connectivity index (χ1v) is 5.85. The van der Waals surface area contributed by atoms with Gasteiger partial charge in [0.1, 0.15) is 0 Å². The van der Waals surface area contributed by atoms with E-state index in [4.69, 9.17) is 5.84 Å². The Balaban J connectivity index is 3.03. The Morgan fingerprint density at radius 2 is 2.18 bits per heavy atom. The van der Waals surface area contributed by atoms with Crippen molar-refractivity contribution < 1.29 is 4.79 Å². The van der Waals surface area contributed by atoms with Crippen molar-refractivity contribution in [2.45, 2.75) is 33.2 Å². The summed E-state index contributed by atoms with van der Waals surface area (Å²) in [5.41, 5.74) is 4.94. The molecule has 0 bridgehead atoms. The smallest absolute Gasteiger partial charge is 0.255 e. The topological polar surface area (TPSA) is 58.4 Å². The zero-order valence-electron chi connectivity index (χ0n) is 10.9. The van der Waals surface area contributed by atoms with Crippen LogP contribution in [0.25, 0.3) is 0 Å². The van der Waals surface area contributed by atoms with Crippen LogP contribution in [0.2, 0.25) is 0 Å². The number of nitrogens with two attached hydrogens (primary N) is 1. The second-order valence-electron chi connectivity index (χ2n) is 4.37. The summed E-state index contributed by atoms with van der Waals surface area (Å²) in [6, 6.07) is 5.82. The Hall–Kier alpha value is -1.55. The van der Waals surface area contributed by atoms with E-state index in [-0.39, 0.29) is 11.9 Å². The third kappa shape index (κ3) is 2.97. The molecule has 1 aromatic rings. The molecule has 4 nitrogen and oxygen atoms in total. The van der Waals surface area contributed by atoms with Gasteiger partial charge in [0.05, 0.1) is 11.3 Å². The van der Waals surface area contributed by atoms with E-state index in [0.29, 0.717) is 11.3 Å². The number of nitrogens with zero attached hydrogens (tertiary/aromatic N) is 1. The minimum atomic E-state index is -0.00713. The van der Waals surface area contributed by atoms with Gasteiger partial charge < -0.3 is 10.3 Å². The minimum Gasteiger partial charge on any atom is -0.339 e. The number of amides is 1. The number of anilines is 1. The zero-order chi connectivity index (χ0) is 13.0. The summed E-state index contributed by atoms with van der Waals surface area (Å²) in [5, 5.41) is 0. The normalized spacial score (nSPS) is 12.1. The molecule has 1 rings (SSSR count). The highest BCUT2D eigenvalue weighted by atomic mass is 16.2. The van der Waals surface area contributed by atoms with Gasteiger partial charge in [-0.3, -0.25) is 10.6 Å². The summed E-state index contributed by atoms with van der Waals surface area (Å²) in [7, 11) is 1.82. The fourth-order valence-corrected chi connectivity index (χ4v) is 1.63. The molecule has 94 valence electrons. The van der Waals surface area contributed by atoms with Gasteiger partial charge in [0.2, 0.25) is 0 Å². The quantitative estimate of drug-likeness (QED) is 0.621. The molecular formula is C13H21N3O. The van der Waals surface area contributed by atoms with E-state index in [2.05, 4.69) is 12.3 Å². The van der Waals surface area contributed by atoms with Gasteiger partial charge in [-0.15, -0.1) is 0 Å². The van der Waals surface area contributed by atoms with Crippen molar-refractivity contribution in [2.75, 3.05) is 12.5 Å². The first-order chi connectivity index (χ1) is 8.01. The summed E-state index contributed by atoms with van der Waals surface area (Å²) in [6.07, 6.45) is 0.930. The molecule has 0 saturated heterocycles. The van der Waals surface area contributed by atoms with E-state index in [0.717, 1.165) is 12.0 Å². The first-order valence-electron chi connectivity index (χ1n) is 5.85. The van der Waals surface area contributed by atoms with Gasteiger partial charge in [-0.25, -0.2) is 0 Å². The zero-order valence-corrected chi connectivity index (χ0v) is 10.9. The van der Waals surface area contributed by atoms with Crippen LogP contribution < -0.4 is 11.3 Å². The van der Waals surface area contributed by atoms with Gasteiger partial charge in [-0.2, -0.15) is 0 Å². The summed E-state index contributed by atoms with van der Waals surface area (Å²) >= 11 is 0. The van der Waals surface area contributed by atoms with E-state index < -0.39 is 0 Å². The largest absolute Gasteiger partial charge is 0.339 e. The van der Waals surface area contributed by atoms with E-state index in [1.54, 1.807) is 4.90 Å². The fraction of sp³-hybridized carbons (Fsp3) is 0.462. The van der Waals surface area contributed by atoms with E-state index >= 15 is 0 Å². The fourth-order valence-electron chi connectivity index (χ4n) is 1.63. The summed E-state index contributed by atoms with van der Waals surface area (Å²) in [4.78, 5) is 14.0. The molecular weight excluding hydrogens is 214 g/mol. The number of carbonyl (C=O) groups excluding carboxylic acids is 1. The molecule has 0 aliphatic rings. The number of nitrogens with one attached hydrogen (secondary N) is 1. The van der Waals surface area contributed by atoms with Crippen molar-refractivity contribution in [1.29, 1.82) is 0 Å². The molecule has 0 saturated carbocycles. The molecule has 0 radical (unpaired) electrons. The Morgan fingerprint density at radius 3 is 2.71 bits per heavy atom. The molecule has 3 N–H and O–H groups in total. The van der Waals surface area contributed by atoms with Crippen molar-refractivity contribution >= 4 is 11.6 Å². The van der Waals surface area contributed by atoms with Gasteiger partial charge in [-0.1, -0.05) is 13.0 Å². The van der Waals surface area contributed by atoms with Gasteiger partial charge in [0.25, 0.3) is 5.91 Å². The van der Waals surface area contributed by atoms with Crippen LogP contribution in [-0.4, -0.2) is 23.9 Å². The predicted molar refractivity (Wildman–Crippen MR) is 70.8 cm³/mol. The second kappa shape index (κ2) is 5.68.